The fraction of sp³-hybridized carbons (Fsp3) is 0.389. The molecule has 4 rings (SSSR count). The van der Waals surface area contributed by atoms with Gasteiger partial charge in [0.25, 0.3) is 0 Å². The van der Waals surface area contributed by atoms with Gasteiger partial charge in [-0.2, -0.15) is 0 Å². The Morgan fingerprint density at radius 2 is 2.30 bits per heavy atom. The van der Waals surface area contributed by atoms with Crippen LogP contribution in [0.1, 0.15) is 22.8 Å². The predicted molar refractivity (Wildman–Crippen MR) is 98.0 cm³/mol. The first-order chi connectivity index (χ1) is 11.2. The molecule has 1 aromatic heterocycles. The Hall–Kier alpha value is -1.85. The quantitative estimate of drug-likeness (QED) is 0.672. The van der Waals surface area contributed by atoms with Crippen LogP contribution in [0.4, 0.5) is 11.4 Å². The van der Waals surface area contributed by atoms with Crippen LogP contribution in [0.5, 0.6) is 0 Å². The van der Waals surface area contributed by atoms with Crippen molar-refractivity contribution in [2.24, 2.45) is 16.6 Å². The second-order valence-electron chi connectivity index (χ2n) is 6.54. The van der Waals surface area contributed by atoms with Crippen LogP contribution >= 0.6 is 11.3 Å². The van der Waals surface area contributed by atoms with Crippen LogP contribution in [-0.4, -0.2) is 37.4 Å². The maximum absolute atomic E-state index is 6.09. The van der Waals surface area contributed by atoms with Crippen molar-refractivity contribution < 1.29 is 0 Å². The zero-order valence-corrected chi connectivity index (χ0v) is 14.1. The van der Waals surface area contributed by atoms with Crippen molar-refractivity contribution in [3.8, 4) is 0 Å². The van der Waals surface area contributed by atoms with E-state index >= 15 is 0 Å². The fourth-order valence-corrected chi connectivity index (χ4v) is 4.38. The van der Waals surface area contributed by atoms with Gasteiger partial charge in [0.15, 0.2) is 0 Å². The summed E-state index contributed by atoms with van der Waals surface area (Å²) >= 11 is 1.62. The first-order valence-corrected chi connectivity index (χ1v) is 9.03. The lowest BCUT2D eigenvalue weighted by Crippen LogP contribution is -2.19. The van der Waals surface area contributed by atoms with Crippen molar-refractivity contribution in [3.63, 3.8) is 0 Å². The molecule has 1 aromatic carbocycles. The number of fused-ring (bicyclic) bond motifs is 1. The number of anilines is 1. The van der Waals surface area contributed by atoms with Crippen LogP contribution in [-0.2, 0) is 0 Å². The predicted octanol–water partition coefficient (Wildman–Crippen LogP) is 3.25. The minimum absolute atomic E-state index is 0.590. The summed E-state index contributed by atoms with van der Waals surface area (Å²) in [5.41, 5.74) is 9.69. The van der Waals surface area contributed by atoms with Crippen LogP contribution in [0.25, 0.3) is 0 Å². The van der Waals surface area contributed by atoms with Gasteiger partial charge in [-0.05, 0) is 55.1 Å². The number of hydrogen-bond acceptors (Lipinski definition) is 4. The molecule has 23 heavy (non-hydrogen) atoms. The van der Waals surface area contributed by atoms with Crippen LogP contribution in [0.3, 0.4) is 0 Å². The standard InChI is InChI=1S/C18H22N4S/c1-22-7-6-12(11-22)15-10-20-16-9-13(4-5-14(15)16)21-18(19)17-3-2-8-23-17/h2-5,8-9,12,15,20H,6-7,10-11H2,1H3,(H2,19,21). The van der Waals surface area contributed by atoms with E-state index < -0.39 is 0 Å². The van der Waals surface area contributed by atoms with Gasteiger partial charge in [-0.3, -0.25) is 0 Å². The van der Waals surface area contributed by atoms with Gasteiger partial charge < -0.3 is 16.0 Å². The van der Waals surface area contributed by atoms with Crippen molar-refractivity contribution in [3.05, 3.63) is 46.2 Å². The van der Waals surface area contributed by atoms with E-state index in [-0.39, 0.29) is 0 Å². The lowest BCUT2D eigenvalue weighted by atomic mass is 9.87. The molecule has 0 spiro atoms. The van der Waals surface area contributed by atoms with Crippen LogP contribution in [0, 0.1) is 5.92 Å². The van der Waals surface area contributed by atoms with Gasteiger partial charge in [-0.25, -0.2) is 4.99 Å². The molecular weight excluding hydrogens is 304 g/mol. The summed E-state index contributed by atoms with van der Waals surface area (Å²) in [6, 6.07) is 10.5. The molecule has 0 bridgehead atoms. The first kappa shape index (κ1) is 14.7. The molecule has 2 unspecified atom stereocenters. The lowest BCUT2D eigenvalue weighted by molar-refractivity contribution is 0.377. The Morgan fingerprint density at radius 3 is 3.04 bits per heavy atom. The molecule has 2 aliphatic rings. The fourth-order valence-electron chi connectivity index (χ4n) is 3.76. The number of thiophene rings is 1. The summed E-state index contributed by atoms with van der Waals surface area (Å²) < 4.78 is 0. The van der Waals surface area contributed by atoms with E-state index in [1.807, 2.05) is 17.5 Å². The molecule has 0 saturated carbocycles. The normalized spacial score (nSPS) is 24.7. The van der Waals surface area contributed by atoms with Gasteiger partial charge in [0.05, 0.1) is 10.6 Å². The number of rotatable bonds is 3. The maximum atomic E-state index is 6.09. The Morgan fingerprint density at radius 1 is 1.39 bits per heavy atom. The molecule has 2 aliphatic heterocycles. The number of likely N-dealkylation sites (tertiary alicyclic amines) is 1. The van der Waals surface area contributed by atoms with E-state index in [1.54, 1.807) is 11.3 Å². The zero-order chi connectivity index (χ0) is 15.8. The molecule has 5 heteroatoms. The molecule has 2 aromatic rings. The molecule has 2 atom stereocenters. The molecule has 0 amide bonds. The third-order valence-corrected chi connectivity index (χ3v) is 5.86. The summed E-state index contributed by atoms with van der Waals surface area (Å²) in [4.78, 5) is 8.02. The monoisotopic (exact) mass is 326 g/mol. The van der Waals surface area contributed by atoms with E-state index in [9.17, 15) is 0 Å². The van der Waals surface area contributed by atoms with Gasteiger partial charge >= 0.3 is 0 Å². The lowest BCUT2D eigenvalue weighted by Gasteiger charge is -2.18. The van der Waals surface area contributed by atoms with Crippen LogP contribution in [0.15, 0.2) is 40.7 Å². The van der Waals surface area contributed by atoms with Gasteiger partial charge in [0.1, 0.15) is 5.84 Å². The number of hydrogen-bond donors (Lipinski definition) is 2. The highest BCUT2D eigenvalue weighted by molar-refractivity contribution is 7.12. The molecule has 3 heterocycles. The van der Waals surface area contributed by atoms with Gasteiger partial charge in [0.2, 0.25) is 0 Å². The van der Waals surface area contributed by atoms with Crippen molar-refractivity contribution in [1.29, 1.82) is 0 Å². The summed E-state index contributed by atoms with van der Waals surface area (Å²) in [6.45, 7) is 3.47. The van der Waals surface area contributed by atoms with Crippen molar-refractivity contribution in [1.82, 2.24) is 4.90 Å². The topological polar surface area (TPSA) is 53.6 Å². The van der Waals surface area contributed by atoms with E-state index in [0.717, 1.165) is 23.0 Å². The number of nitrogens with one attached hydrogen (secondary N) is 1. The maximum Gasteiger partial charge on any atom is 0.141 e. The molecule has 4 nitrogen and oxygen atoms in total. The largest absolute Gasteiger partial charge is 0.384 e. The minimum Gasteiger partial charge on any atom is -0.384 e. The highest BCUT2D eigenvalue weighted by atomic mass is 32.1. The molecule has 120 valence electrons. The van der Waals surface area contributed by atoms with E-state index in [2.05, 4.69) is 40.5 Å². The second kappa shape index (κ2) is 5.98. The number of aliphatic imine (C=N–C) groups is 1. The number of benzene rings is 1. The number of amidine groups is 1. The SMILES string of the molecule is CN1CCC(C2CNc3cc(N=C(N)c4cccs4)ccc32)C1. The average molecular weight is 326 g/mol. The van der Waals surface area contributed by atoms with Crippen LogP contribution < -0.4 is 11.1 Å². The molecule has 0 aliphatic carbocycles. The zero-order valence-electron chi connectivity index (χ0n) is 13.3. The highest BCUT2D eigenvalue weighted by Crippen LogP contribution is 2.41. The number of nitrogens with two attached hydrogens (primary N) is 1. The summed E-state index contributed by atoms with van der Waals surface area (Å²) in [5, 5.41) is 5.58. The van der Waals surface area contributed by atoms with Gasteiger partial charge in [0, 0.05) is 24.7 Å². The first-order valence-electron chi connectivity index (χ1n) is 8.15. The number of nitrogens with zero attached hydrogens (tertiary/aromatic N) is 2. The van der Waals surface area contributed by atoms with Crippen molar-refractivity contribution >= 4 is 28.5 Å². The van der Waals surface area contributed by atoms with Gasteiger partial charge in [-0.15, -0.1) is 11.3 Å². The Bertz CT molecular complexity index is 723. The summed E-state index contributed by atoms with van der Waals surface area (Å²) in [6.07, 6.45) is 1.30. The minimum atomic E-state index is 0.590. The second-order valence-corrected chi connectivity index (χ2v) is 7.49. The summed E-state index contributed by atoms with van der Waals surface area (Å²) in [5.74, 6) is 1.98. The van der Waals surface area contributed by atoms with Crippen molar-refractivity contribution in [2.75, 3.05) is 32.0 Å². The van der Waals surface area contributed by atoms with E-state index in [4.69, 9.17) is 5.73 Å². The molecule has 1 saturated heterocycles. The third-order valence-electron chi connectivity index (χ3n) is 4.97. The smallest absolute Gasteiger partial charge is 0.141 e. The van der Waals surface area contributed by atoms with Crippen LogP contribution in [0.2, 0.25) is 0 Å². The average Bonchev–Trinajstić information content (AvgIpc) is 3.26. The molecule has 0 radical (unpaired) electrons. The Kier molecular flexibility index (Phi) is 3.83. The van der Waals surface area contributed by atoms with E-state index in [0.29, 0.717) is 11.8 Å². The summed E-state index contributed by atoms with van der Waals surface area (Å²) in [7, 11) is 2.22. The highest BCUT2D eigenvalue weighted by Gasteiger charge is 2.33. The molecular formula is C18H22N4S. The molecule has 3 N–H and O–H groups in total. The Balaban J connectivity index is 1.57. The Labute approximate surface area is 141 Å². The van der Waals surface area contributed by atoms with Crippen molar-refractivity contribution in [2.45, 2.75) is 12.3 Å². The third kappa shape index (κ3) is 2.86. The molecule has 1 fully saturated rings. The van der Waals surface area contributed by atoms with E-state index in [1.165, 1.54) is 30.8 Å². The van der Waals surface area contributed by atoms with Gasteiger partial charge in [-0.1, -0.05) is 12.1 Å².